The van der Waals surface area contributed by atoms with Crippen molar-refractivity contribution in [3.63, 3.8) is 0 Å². The van der Waals surface area contributed by atoms with E-state index in [1.807, 2.05) is 6.92 Å². The Labute approximate surface area is 89.4 Å². The van der Waals surface area contributed by atoms with Gasteiger partial charge in [0.2, 0.25) is 0 Å². The molecular weight excluding hydrogens is 202 g/mol. The van der Waals surface area contributed by atoms with Crippen molar-refractivity contribution in [1.29, 1.82) is 5.26 Å². The molecule has 0 bridgehead atoms. The lowest BCUT2D eigenvalue weighted by molar-refractivity contribution is -0.134. The molecule has 0 radical (unpaired) electrons. The highest BCUT2D eigenvalue weighted by Crippen LogP contribution is 1.78. The lowest BCUT2D eigenvalue weighted by atomic mass is 10.7. The van der Waals surface area contributed by atoms with Crippen LogP contribution < -0.4 is 0 Å². The molecule has 0 fully saturated rings. The second-order valence-corrected chi connectivity index (χ2v) is 2.27. The highest BCUT2D eigenvalue weighted by molar-refractivity contribution is 5.62. The van der Waals surface area contributed by atoms with Gasteiger partial charge in [0.25, 0.3) is 12.2 Å². The number of nitriles is 1. The van der Waals surface area contributed by atoms with E-state index in [0.29, 0.717) is 33.0 Å². The summed E-state index contributed by atoms with van der Waals surface area (Å²) in [6, 6.07) is 0. The number of aliphatic carboxylic acids is 1. The molecule has 0 aromatic rings. The SMILES string of the molecule is CC(=O)O.CCOCCOCCOC#N. The summed E-state index contributed by atoms with van der Waals surface area (Å²) in [7, 11) is 0. The lowest BCUT2D eigenvalue weighted by Gasteiger charge is -2.01. The van der Waals surface area contributed by atoms with Crippen LogP contribution in [0.2, 0.25) is 0 Å². The molecule has 0 atom stereocenters. The second-order valence-electron chi connectivity index (χ2n) is 2.27. The number of rotatable bonds is 7. The molecule has 0 unspecified atom stereocenters. The van der Waals surface area contributed by atoms with Gasteiger partial charge < -0.3 is 19.3 Å². The summed E-state index contributed by atoms with van der Waals surface area (Å²) in [4.78, 5) is 9.00. The summed E-state index contributed by atoms with van der Waals surface area (Å²) >= 11 is 0. The maximum absolute atomic E-state index is 9.00. The maximum Gasteiger partial charge on any atom is 0.300 e. The predicted octanol–water partition coefficient (Wildman–Crippen LogP) is 0.628. The monoisotopic (exact) mass is 219 g/mol. The molecule has 88 valence electrons. The van der Waals surface area contributed by atoms with Gasteiger partial charge in [-0.3, -0.25) is 4.79 Å². The molecule has 6 nitrogen and oxygen atoms in total. The molecule has 0 aromatic heterocycles. The summed E-state index contributed by atoms with van der Waals surface area (Å²) in [5.41, 5.74) is 0. The van der Waals surface area contributed by atoms with E-state index in [-0.39, 0.29) is 0 Å². The number of hydrogen-bond acceptors (Lipinski definition) is 5. The molecule has 1 N–H and O–H groups in total. The third kappa shape index (κ3) is 32.4. The first-order chi connectivity index (χ1) is 7.15. The van der Waals surface area contributed by atoms with Crippen LogP contribution in [0.4, 0.5) is 0 Å². The minimum absolute atomic E-state index is 0.322. The predicted molar refractivity (Wildman–Crippen MR) is 52.2 cm³/mol. The van der Waals surface area contributed by atoms with Crippen molar-refractivity contribution in [3.8, 4) is 6.26 Å². The van der Waals surface area contributed by atoms with Crippen LogP contribution in [0.15, 0.2) is 0 Å². The second kappa shape index (κ2) is 15.2. The summed E-state index contributed by atoms with van der Waals surface area (Å²) in [5, 5.41) is 15.4. The van der Waals surface area contributed by atoms with Crippen molar-refractivity contribution >= 4 is 5.97 Å². The van der Waals surface area contributed by atoms with Crippen LogP contribution >= 0.6 is 0 Å². The van der Waals surface area contributed by atoms with Gasteiger partial charge in [0, 0.05) is 13.5 Å². The fraction of sp³-hybridized carbons (Fsp3) is 0.778. The van der Waals surface area contributed by atoms with E-state index in [2.05, 4.69) is 4.74 Å². The Hall–Kier alpha value is -1.32. The van der Waals surface area contributed by atoms with Gasteiger partial charge in [-0.05, 0) is 6.92 Å². The van der Waals surface area contributed by atoms with Crippen LogP contribution in [-0.2, 0) is 19.0 Å². The summed E-state index contributed by atoms with van der Waals surface area (Å²) in [5.74, 6) is -0.833. The number of carboxylic acid groups (broad SMARTS) is 1. The fourth-order valence-corrected chi connectivity index (χ4v) is 0.510. The molecule has 0 aromatic carbocycles. The van der Waals surface area contributed by atoms with Crippen LogP contribution in [0, 0.1) is 11.5 Å². The summed E-state index contributed by atoms with van der Waals surface area (Å²) < 4.78 is 14.4. The van der Waals surface area contributed by atoms with Crippen LogP contribution in [0.25, 0.3) is 0 Å². The Bertz CT molecular complexity index is 174. The molecule has 0 heterocycles. The minimum Gasteiger partial charge on any atom is -0.481 e. The van der Waals surface area contributed by atoms with Crippen molar-refractivity contribution in [3.05, 3.63) is 0 Å². The Morgan fingerprint density at radius 2 is 1.73 bits per heavy atom. The maximum atomic E-state index is 9.00. The molecule has 0 saturated heterocycles. The molecule has 6 heteroatoms. The number of carbonyl (C=O) groups is 1. The van der Waals surface area contributed by atoms with E-state index in [4.69, 9.17) is 24.6 Å². The highest BCUT2D eigenvalue weighted by Gasteiger charge is 1.87. The third-order valence-electron chi connectivity index (χ3n) is 0.970. The van der Waals surface area contributed by atoms with Crippen molar-refractivity contribution < 1.29 is 24.1 Å². The van der Waals surface area contributed by atoms with Gasteiger partial charge in [-0.2, -0.15) is 5.26 Å². The Morgan fingerprint density at radius 3 is 2.20 bits per heavy atom. The van der Waals surface area contributed by atoms with E-state index in [1.54, 1.807) is 6.26 Å². The smallest absolute Gasteiger partial charge is 0.300 e. The fourth-order valence-electron chi connectivity index (χ4n) is 0.510. The molecule has 15 heavy (non-hydrogen) atoms. The number of carboxylic acids is 1. The van der Waals surface area contributed by atoms with Crippen LogP contribution in [-0.4, -0.2) is 44.1 Å². The Balaban J connectivity index is 0. The van der Waals surface area contributed by atoms with Crippen molar-refractivity contribution in [2.24, 2.45) is 0 Å². The highest BCUT2D eigenvalue weighted by atomic mass is 16.5. The van der Waals surface area contributed by atoms with E-state index in [9.17, 15) is 0 Å². The van der Waals surface area contributed by atoms with E-state index >= 15 is 0 Å². The van der Waals surface area contributed by atoms with Gasteiger partial charge in [0.05, 0.1) is 19.8 Å². The zero-order valence-corrected chi connectivity index (χ0v) is 9.06. The van der Waals surface area contributed by atoms with Gasteiger partial charge in [-0.25, -0.2) is 0 Å². The first-order valence-corrected chi connectivity index (χ1v) is 4.51. The van der Waals surface area contributed by atoms with E-state index in [0.717, 1.165) is 6.92 Å². The van der Waals surface area contributed by atoms with Crippen molar-refractivity contribution in [2.75, 3.05) is 33.0 Å². The first-order valence-electron chi connectivity index (χ1n) is 4.51. The van der Waals surface area contributed by atoms with Crippen LogP contribution in [0.3, 0.4) is 0 Å². The standard InChI is InChI=1S/C7H13NO3.C2H4O2/c1-2-9-3-4-10-5-6-11-7-8;1-2(3)4/h2-6H2,1H3;1H3,(H,3,4). The Morgan fingerprint density at radius 1 is 1.27 bits per heavy atom. The van der Waals surface area contributed by atoms with Crippen molar-refractivity contribution in [2.45, 2.75) is 13.8 Å². The molecule has 0 aliphatic heterocycles. The van der Waals surface area contributed by atoms with Gasteiger partial charge in [-0.1, -0.05) is 0 Å². The molecule has 0 aliphatic rings. The third-order valence-corrected chi connectivity index (χ3v) is 0.970. The van der Waals surface area contributed by atoms with E-state index < -0.39 is 5.97 Å². The zero-order chi connectivity index (χ0) is 11.9. The van der Waals surface area contributed by atoms with E-state index in [1.165, 1.54) is 0 Å². The average molecular weight is 219 g/mol. The molecular formula is C9H17NO5. The van der Waals surface area contributed by atoms with Gasteiger partial charge in [-0.15, -0.1) is 0 Å². The van der Waals surface area contributed by atoms with Gasteiger partial charge in [0.1, 0.15) is 6.61 Å². The summed E-state index contributed by atoms with van der Waals surface area (Å²) in [6.07, 6.45) is 1.56. The zero-order valence-electron chi connectivity index (χ0n) is 9.06. The molecule has 0 aliphatic carbocycles. The Kier molecular flexibility index (Phi) is 16.3. The number of hydrogen-bond donors (Lipinski definition) is 1. The average Bonchev–Trinajstić information content (AvgIpc) is 2.16. The van der Waals surface area contributed by atoms with Crippen molar-refractivity contribution in [1.82, 2.24) is 0 Å². The molecule has 0 amide bonds. The van der Waals surface area contributed by atoms with Crippen LogP contribution in [0.5, 0.6) is 0 Å². The first kappa shape index (κ1) is 16.1. The number of ether oxygens (including phenoxy) is 3. The van der Waals surface area contributed by atoms with Crippen LogP contribution in [0.1, 0.15) is 13.8 Å². The summed E-state index contributed by atoms with van der Waals surface area (Å²) in [6.45, 7) is 5.64. The molecule has 0 rings (SSSR count). The largest absolute Gasteiger partial charge is 0.481 e. The lowest BCUT2D eigenvalue weighted by Crippen LogP contribution is -2.07. The molecule has 0 spiro atoms. The quantitative estimate of drug-likeness (QED) is 0.499. The van der Waals surface area contributed by atoms with Gasteiger partial charge in [0.15, 0.2) is 0 Å². The molecule has 0 saturated carbocycles. The number of nitrogens with zero attached hydrogens (tertiary/aromatic N) is 1. The minimum atomic E-state index is -0.833. The van der Waals surface area contributed by atoms with Gasteiger partial charge >= 0.3 is 0 Å². The topological polar surface area (TPSA) is 88.8 Å². The normalized spacial score (nSPS) is 8.33.